The molecule has 1 saturated heterocycles. The van der Waals surface area contributed by atoms with E-state index in [1.54, 1.807) is 41.5 Å². The molecule has 0 aromatic carbocycles. The maximum atomic E-state index is 12.7. The number of aromatic amines is 1. The van der Waals surface area contributed by atoms with Gasteiger partial charge in [-0.05, 0) is 41.5 Å². The molecule has 2 heterocycles. The molecule has 1 aliphatic rings. The summed E-state index contributed by atoms with van der Waals surface area (Å²) in [6.07, 6.45) is -6.03. The second-order valence-electron chi connectivity index (χ2n) is 12.4. The van der Waals surface area contributed by atoms with Crippen molar-refractivity contribution in [1.29, 1.82) is 0 Å². The van der Waals surface area contributed by atoms with Crippen LogP contribution in [-0.4, -0.2) is 81.7 Å². The Morgan fingerprint density at radius 3 is 2.18 bits per heavy atom. The van der Waals surface area contributed by atoms with Crippen molar-refractivity contribution in [3.63, 3.8) is 0 Å². The fourth-order valence-electron chi connectivity index (χ4n) is 3.83. The minimum Gasteiger partial charge on any atom is -0.460 e. The van der Waals surface area contributed by atoms with Gasteiger partial charge in [0.15, 0.2) is 6.29 Å². The normalized spacial score (nSPS) is 21.1. The van der Waals surface area contributed by atoms with E-state index in [1.165, 1.54) is 0 Å². The number of nitrogens with zero attached hydrogens (tertiary/aromatic N) is 1. The first-order valence-corrected chi connectivity index (χ1v) is 18.8. The van der Waals surface area contributed by atoms with Crippen LogP contribution in [0.5, 0.6) is 0 Å². The summed E-state index contributed by atoms with van der Waals surface area (Å²) in [7, 11) is -17.3. The lowest BCUT2D eigenvalue weighted by Crippen LogP contribution is -2.46. The molecule has 0 spiro atoms. The van der Waals surface area contributed by atoms with E-state index in [-0.39, 0.29) is 18.4 Å². The summed E-state index contributed by atoms with van der Waals surface area (Å²) in [5.41, 5.74) is -4.17. The Morgan fingerprint density at radius 2 is 1.62 bits per heavy atom. The first kappa shape index (κ1) is 43.1. The molecule has 50 heavy (non-hydrogen) atoms. The average Bonchev–Trinajstić information content (AvgIpc) is 3.21. The van der Waals surface area contributed by atoms with Crippen molar-refractivity contribution in [2.24, 2.45) is 0 Å². The van der Waals surface area contributed by atoms with Crippen LogP contribution in [0, 0.1) is 11.8 Å². The standard InChI is InChI=1S/C25H38N3O19P3/c1-24(2,3)43-19(31)11-15(21(33)44-25(4,5)6)26-17(30)10-8-7-9-14-13-28(23(34)27-20(14)32)18-12-16(29)22(42-18)45-49(38,39)47-50(40,41)46-48(35,36)37/h13,15-16,18,22,29H,8,10-12H2,1-6H3,(H,26,30)(H,38,39)(H,40,41)(H,27,32,34)(H2,35,36,37)/t15?,16-,18-,22-/m1/s1. The van der Waals surface area contributed by atoms with Crippen molar-refractivity contribution in [2.75, 3.05) is 0 Å². The van der Waals surface area contributed by atoms with Crippen LogP contribution in [0.1, 0.15) is 79.0 Å². The van der Waals surface area contributed by atoms with Gasteiger partial charge in [-0.25, -0.2) is 23.3 Å². The van der Waals surface area contributed by atoms with Crippen LogP contribution >= 0.6 is 23.5 Å². The van der Waals surface area contributed by atoms with Crippen molar-refractivity contribution < 1.29 is 80.1 Å². The fraction of sp³-hybridized carbons (Fsp3) is 0.640. The summed E-state index contributed by atoms with van der Waals surface area (Å²) in [4.78, 5) is 101. The summed E-state index contributed by atoms with van der Waals surface area (Å²) in [5, 5.41) is 12.6. The Balaban J connectivity index is 2.12. The molecule has 0 radical (unpaired) electrons. The molecule has 22 nitrogen and oxygen atoms in total. The summed E-state index contributed by atoms with van der Waals surface area (Å²) >= 11 is 0. The van der Waals surface area contributed by atoms with Gasteiger partial charge in [-0.15, -0.1) is 0 Å². The third-order valence-electron chi connectivity index (χ3n) is 5.50. The number of amides is 1. The number of aliphatic hydroxyl groups excluding tert-OH is 1. The highest BCUT2D eigenvalue weighted by atomic mass is 31.3. The number of nitrogens with one attached hydrogen (secondary N) is 2. The van der Waals surface area contributed by atoms with E-state index in [0.717, 1.165) is 6.20 Å². The predicted molar refractivity (Wildman–Crippen MR) is 165 cm³/mol. The number of aliphatic hydroxyl groups is 1. The van der Waals surface area contributed by atoms with Crippen molar-refractivity contribution >= 4 is 41.3 Å². The lowest BCUT2D eigenvalue weighted by Gasteiger charge is -2.25. The number of rotatable bonds is 13. The molecule has 1 aromatic rings. The summed E-state index contributed by atoms with van der Waals surface area (Å²) in [6, 6.07) is -1.38. The van der Waals surface area contributed by atoms with Crippen LogP contribution in [0.3, 0.4) is 0 Å². The number of H-pyrrole nitrogens is 1. The SMILES string of the molecule is CC(C)(C)OC(=O)CC(NC(=O)CCC#Cc1cn([C@H]2C[C@@H](O)[C@@H](OP(=O)(O)OP(=O)(O)OP(=O)(O)O)O2)c(=O)[nH]c1=O)C(=O)OC(C)(C)C. The van der Waals surface area contributed by atoms with Crippen LogP contribution in [0.25, 0.3) is 0 Å². The summed E-state index contributed by atoms with van der Waals surface area (Å²) in [6.45, 7) is 9.67. The third kappa shape index (κ3) is 15.5. The van der Waals surface area contributed by atoms with Crippen LogP contribution in [-0.2, 0) is 55.4 Å². The lowest BCUT2D eigenvalue weighted by molar-refractivity contribution is -0.165. The first-order valence-electron chi connectivity index (χ1n) is 14.3. The molecule has 1 aliphatic heterocycles. The van der Waals surface area contributed by atoms with Crippen molar-refractivity contribution in [3.8, 4) is 11.8 Å². The molecule has 0 bridgehead atoms. The van der Waals surface area contributed by atoms with Gasteiger partial charge >= 0.3 is 41.1 Å². The van der Waals surface area contributed by atoms with Gasteiger partial charge in [0, 0.05) is 25.5 Å². The van der Waals surface area contributed by atoms with Crippen LogP contribution < -0.4 is 16.6 Å². The molecular formula is C25H38N3O19P3. The van der Waals surface area contributed by atoms with Crippen LogP contribution in [0.2, 0.25) is 0 Å². The molecule has 25 heteroatoms. The Hall–Kier alpha value is -3.02. The summed E-state index contributed by atoms with van der Waals surface area (Å²) in [5.74, 6) is 2.64. The Labute approximate surface area is 283 Å². The highest BCUT2D eigenvalue weighted by molar-refractivity contribution is 7.66. The molecule has 0 saturated carbocycles. The molecule has 6 atom stereocenters. The first-order chi connectivity index (χ1) is 22.5. The maximum Gasteiger partial charge on any atom is 0.490 e. The van der Waals surface area contributed by atoms with Gasteiger partial charge in [-0.2, -0.15) is 8.62 Å². The second-order valence-corrected chi connectivity index (χ2v) is 16.8. The number of esters is 2. The number of carbonyl (C=O) groups is 3. The quantitative estimate of drug-likeness (QED) is 0.0797. The van der Waals surface area contributed by atoms with Crippen molar-refractivity contribution in [1.82, 2.24) is 14.9 Å². The van der Waals surface area contributed by atoms with E-state index >= 15 is 0 Å². The molecule has 1 fully saturated rings. The van der Waals surface area contributed by atoms with Gasteiger partial charge in [0.1, 0.15) is 35.1 Å². The van der Waals surface area contributed by atoms with Gasteiger partial charge in [0.25, 0.3) is 5.56 Å². The number of phosphoric acid groups is 3. The van der Waals surface area contributed by atoms with E-state index < -0.39 is 101 Å². The molecule has 3 unspecified atom stereocenters. The Morgan fingerprint density at radius 1 is 1.02 bits per heavy atom. The zero-order chi connectivity index (χ0) is 38.5. The minimum atomic E-state index is -5.87. The molecule has 2 rings (SSSR count). The van der Waals surface area contributed by atoms with Crippen LogP contribution in [0.15, 0.2) is 15.8 Å². The monoisotopic (exact) mass is 777 g/mol. The number of phosphoric ester groups is 1. The van der Waals surface area contributed by atoms with E-state index in [0.29, 0.717) is 4.57 Å². The number of ether oxygens (including phenoxy) is 3. The van der Waals surface area contributed by atoms with Crippen LogP contribution in [0.4, 0.5) is 0 Å². The van der Waals surface area contributed by atoms with E-state index in [4.69, 9.17) is 24.0 Å². The van der Waals surface area contributed by atoms with Gasteiger partial charge in [0.05, 0.1) is 6.42 Å². The van der Waals surface area contributed by atoms with Gasteiger partial charge in [0.2, 0.25) is 5.91 Å². The maximum absolute atomic E-state index is 12.7. The van der Waals surface area contributed by atoms with Gasteiger partial charge in [-0.1, -0.05) is 11.8 Å². The fourth-order valence-corrected chi connectivity index (χ4v) is 6.94. The molecule has 7 N–H and O–H groups in total. The number of carbonyl (C=O) groups excluding carboxylic acids is 3. The molecule has 1 aromatic heterocycles. The van der Waals surface area contributed by atoms with Crippen molar-refractivity contribution in [2.45, 2.75) is 103 Å². The van der Waals surface area contributed by atoms with Gasteiger partial charge < -0.3 is 44.2 Å². The zero-order valence-corrected chi connectivity index (χ0v) is 30.1. The van der Waals surface area contributed by atoms with Gasteiger partial charge in [-0.3, -0.25) is 28.5 Å². The largest absolute Gasteiger partial charge is 0.490 e. The smallest absolute Gasteiger partial charge is 0.460 e. The third-order valence-corrected chi connectivity index (χ3v) is 9.30. The number of aromatic nitrogens is 2. The second kappa shape index (κ2) is 16.5. The topological polar surface area (TPSA) is 326 Å². The highest BCUT2D eigenvalue weighted by Crippen LogP contribution is 2.66. The van der Waals surface area contributed by atoms with E-state index in [2.05, 4.69) is 30.3 Å². The lowest BCUT2D eigenvalue weighted by atomic mass is 10.1. The number of hydrogen-bond donors (Lipinski definition) is 7. The summed E-state index contributed by atoms with van der Waals surface area (Å²) < 4.78 is 62.5. The Kier molecular flexibility index (Phi) is 14.3. The van der Waals surface area contributed by atoms with Crippen molar-refractivity contribution in [3.05, 3.63) is 32.6 Å². The molecule has 1 amide bonds. The molecule has 282 valence electrons. The predicted octanol–water partition coefficient (Wildman–Crippen LogP) is 0.176. The highest BCUT2D eigenvalue weighted by Gasteiger charge is 2.46. The molecule has 0 aliphatic carbocycles. The van der Waals surface area contributed by atoms with E-state index in [1.807, 2.05) is 4.98 Å². The Bertz CT molecular complexity index is 1760. The van der Waals surface area contributed by atoms with E-state index in [9.17, 15) is 52.6 Å². The average molecular weight is 778 g/mol. The zero-order valence-electron chi connectivity index (χ0n) is 27.5. The molecular weight excluding hydrogens is 739 g/mol. The minimum absolute atomic E-state index is 0.182. The number of hydrogen-bond acceptors (Lipinski definition) is 15.